The first kappa shape index (κ1) is 25.8. The molecule has 31 heavy (non-hydrogen) atoms. The average Bonchev–Trinajstić information content (AvgIpc) is 2.70. The van der Waals surface area contributed by atoms with Crippen molar-refractivity contribution in [1.29, 1.82) is 0 Å². The highest BCUT2D eigenvalue weighted by atomic mass is 19.4. The molecule has 1 aromatic carbocycles. The van der Waals surface area contributed by atoms with E-state index in [1.807, 2.05) is 20.8 Å². The van der Waals surface area contributed by atoms with Crippen molar-refractivity contribution < 1.29 is 35.8 Å². The van der Waals surface area contributed by atoms with E-state index in [0.717, 1.165) is 44.1 Å². The van der Waals surface area contributed by atoms with Crippen LogP contribution in [-0.4, -0.2) is 24.7 Å². The molecule has 1 fully saturated rings. The van der Waals surface area contributed by atoms with E-state index in [0.29, 0.717) is 0 Å². The molecule has 8 heteroatoms. The Labute approximate surface area is 180 Å². The summed E-state index contributed by atoms with van der Waals surface area (Å²) in [6.45, 7) is 5.91. The summed E-state index contributed by atoms with van der Waals surface area (Å²) < 4.78 is 88.6. The van der Waals surface area contributed by atoms with E-state index in [1.54, 1.807) is 24.3 Å². The highest BCUT2D eigenvalue weighted by Gasteiger charge is 2.59. The molecule has 0 amide bonds. The van der Waals surface area contributed by atoms with Crippen LogP contribution in [0.4, 0.5) is 26.3 Å². The second-order valence-corrected chi connectivity index (χ2v) is 8.64. The van der Waals surface area contributed by atoms with Crippen molar-refractivity contribution in [2.45, 2.75) is 96.4 Å². The first-order valence-electron chi connectivity index (χ1n) is 11.0. The second-order valence-electron chi connectivity index (χ2n) is 8.64. The van der Waals surface area contributed by atoms with Crippen LogP contribution in [0.15, 0.2) is 24.3 Å². The fourth-order valence-corrected chi connectivity index (χ4v) is 4.08. The van der Waals surface area contributed by atoms with Gasteiger partial charge in [0.15, 0.2) is 0 Å². The smallest absolute Gasteiger partial charge is 0.423 e. The predicted molar refractivity (Wildman–Crippen MR) is 107 cm³/mol. The Morgan fingerprint density at radius 3 is 1.94 bits per heavy atom. The Balaban J connectivity index is 2.19. The van der Waals surface area contributed by atoms with Crippen LogP contribution in [-0.2, 0) is 4.74 Å². The SMILES string of the molecule is CCC(C)c1ccc(OC(CC(C)C2CCCCC2)OC(C(F)(F)F)C(F)(F)F)cc1. The minimum absolute atomic E-state index is 0.0412. The highest BCUT2D eigenvalue weighted by molar-refractivity contribution is 5.29. The maximum Gasteiger partial charge on any atom is 0.423 e. The molecule has 2 rings (SSSR count). The van der Waals surface area contributed by atoms with Gasteiger partial charge in [-0.3, -0.25) is 0 Å². The van der Waals surface area contributed by atoms with Gasteiger partial charge >= 0.3 is 12.4 Å². The standard InChI is InChI=1S/C23H32F6O2/c1-4-15(2)18-10-12-19(13-11-18)30-20(14-16(3)17-8-6-5-7-9-17)31-21(22(24,25)26)23(27,28)29/h10-13,15-17,20-21H,4-9,14H2,1-3H3. The minimum atomic E-state index is -5.58. The van der Waals surface area contributed by atoms with E-state index in [9.17, 15) is 26.3 Å². The summed E-state index contributed by atoms with van der Waals surface area (Å²) in [5.41, 5.74) is 1.02. The van der Waals surface area contributed by atoms with Crippen LogP contribution in [0.2, 0.25) is 0 Å². The molecule has 0 N–H and O–H groups in total. The number of hydrogen-bond acceptors (Lipinski definition) is 2. The maximum atomic E-state index is 13.1. The van der Waals surface area contributed by atoms with Gasteiger partial charge in [-0.2, -0.15) is 26.3 Å². The van der Waals surface area contributed by atoms with Crippen molar-refractivity contribution in [3.63, 3.8) is 0 Å². The normalized spacial score (nSPS) is 19.3. The highest BCUT2D eigenvalue weighted by Crippen LogP contribution is 2.39. The molecule has 1 aromatic rings. The van der Waals surface area contributed by atoms with Crippen LogP contribution in [0.25, 0.3) is 0 Å². The predicted octanol–water partition coefficient (Wildman–Crippen LogP) is 8.02. The summed E-state index contributed by atoms with van der Waals surface area (Å²) in [7, 11) is 0. The van der Waals surface area contributed by atoms with Gasteiger partial charge in [-0.1, -0.05) is 65.0 Å². The third kappa shape index (κ3) is 7.88. The quantitative estimate of drug-likeness (QED) is 0.278. The van der Waals surface area contributed by atoms with Crippen molar-refractivity contribution in [2.24, 2.45) is 11.8 Å². The molecular weight excluding hydrogens is 422 g/mol. The lowest BCUT2D eigenvalue weighted by Crippen LogP contribution is -2.47. The second kappa shape index (κ2) is 10.9. The van der Waals surface area contributed by atoms with E-state index in [-0.39, 0.29) is 29.9 Å². The topological polar surface area (TPSA) is 18.5 Å². The Bertz CT molecular complexity index is 636. The molecule has 3 unspecified atom stereocenters. The number of benzene rings is 1. The number of alkyl halides is 6. The molecule has 1 aliphatic carbocycles. The zero-order chi connectivity index (χ0) is 23.2. The molecule has 3 atom stereocenters. The number of rotatable bonds is 9. The molecule has 0 saturated heterocycles. The summed E-state index contributed by atoms with van der Waals surface area (Å²) in [6, 6.07) is 6.69. The summed E-state index contributed by atoms with van der Waals surface area (Å²) >= 11 is 0. The van der Waals surface area contributed by atoms with Gasteiger partial charge in [-0.05, 0) is 41.9 Å². The van der Waals surface area contributed by atoms with Gasteiger partial charge in [-0.15, -0.1) is 0 Å². The van der Waals surface area contributed by atoms with E-state index in [1.165, 1.54) is 0 Å². The van der Waals surface area contributed by atoms with Crippen LogP contribution in [0.1, 0.15) is 77.2 Å². The Kier molecular flexibility index (Phi) is 9.10. The number of halogens is 6. The molecule has 1 aliphatic rings. The number of ether oxygens (including phenoxy) is 2. The molecule has 0 bridgehead atoms. The molecule has 2 nitrogen and oxygen atoms in total. The third-order valence-corrected chi connectivity index (χ3v) is 6.23. The molecule has 0 heterocycles. The van der Waals surface area contributed by atoms with Crippen LogP contribution < -0.4 is 4.74 Å². The number of hydrogen-bond donors (Lipinski definition) is 0. The Morgan fingerprint density at radius 1 is 0.903 bits per heavy atom. The van der Waals surface area contributed by atoms with Gasteiger partial charge in [0.1, 0.15) is 5.75 Å². The fraction of sp³-hybridized carbons (Fsp3) is 0.739. The lowest BCUT2D eigenvalue weighted by atomic mass is 9.79. The van der Waals surface area contributed by atoms with Crippen molar-refractivity contribution in [1.82, 2.24) is 0 Å². The van der Waals surface area contributed by atoms with Gasteiger partial charge < -0.3 is 9.47 Å². The molecule has 0 aromatic heterocycles. The minimum Gasteiger partial charge on any atom is -0.465 e. The Morgan fingerprint density at radius 2 is 1.45 bits per heavy atom. The third-order valence-electron chi connectivity index (χ3n) is 6.23. The summed E-state index contributed by atoms with van der Waals surface area (Å²) in [6.07, 6.45) is -10.8. The molecule has 0 spiro atoms. The van der Waals surface area contributed by atoms with Crippen LogP contribution in [0.3, 0.4) is 0 Å². The van der Waals surface area contributed by atoms with Crippen molar-refractivity contribution in [3.8, 4) is 5.75 Å². The first-order chi connectivity index (χ1) is 14.4. The lowest BCUT2D eigenvalue weighted by Gasteiger charge is -2.33. The molecule has 1 saturated carbocycles. The van der Waals surface area contributed by atoms with Gasteiger partial charge in [0, 0.05) is 6.42 Å². The van der Waals surface area contributed by atoms with E-state index < -0.39 is 24.7 Å². The van der Waals surface area contributed by atoms with E-state index >= 15 is 0 Å². The van der Waals surface area contributed by atoms with Gasteiger partial charge in [0.2, 0.25) is 6.29 Å². The molecular formula is C23H32F6O2. The summed E-state index contributed by atoms with van der Waals surface area (Å²) in [5.74, 6) is 0.599. The van der Waals surface area contributed by atoms with Gasteiger partial charge in [-0.25, -0.2) is 0 Å². The van der Waals surface area contributed by atoms with Crippen LogP contribution in [0.5, 0.6) is 5.75 Å². The van der Waals surface area contributed by atoms with Gasteiger partial charge in [0.05, 0.1) is 0 Å². The molecule has 178 valence electrons. The van der Waals surface area contributed by atoms with E-state index in [4.69, 9.17) is 4.74 Å². The largest absolute Gasteiger partial charge is 0.465 e. The van der Waals surface area contributed by atoms with Crippen molar-refractivity contribution in [2.75, 3.05) is 0 Å². The van der Waals surface area contributed by atoms with Crippen LogP contribution >= 0.6 is 0 Å². The summed E-state index contributed by atoms with van der Waals surface area (Å²) in [4.78, 5) is 0. The first-order valence-corrected chi connectivity index (χ1v) is 11.0. The lowest BCUT2D eigenvalue weighted by molar-refractivity contribution is -0.346. The zero-order valence-corrected chi connectivity index (χ0v) is 18.2. The maximum absolute atomic E-state index is 13.1. The fourth-order valence-electron chi connectivity index (χ4n) is 4.08. The van der Waals surface area contributed by atoms with Crippen LogP contribution in [0, 0.1) is 11.8 Å². The van der Waals surface area contributed by atoms with E-state index in [2.05, 4.69) is 4.74 Å². The average molecular weight is 454 g/mol. The Hall–Kier alpha value is -1.44. The molecule has 0 radical (unpaired) electrons. The molecule has 0 aliphatic heterocycles. The monoisotopic (exact) mass is 454 g/mol. The zero-order valence-electron chi connectivity index (χ0n) is 18.2. The van der Waals surface area contributed by atoms with Crippen molar-refractivity contribution in [3.05, 3.63) is 29.8 Å². The summed E-state index contributed by atoms with van der Waals surface area (Å²) in [5, 5.41) is 0. The van der Waals surface area contributed by atoms with Gasteiger partial charge in [0.25, 0.3) is 6.10 Å². The van der Waals surface area contributed by atoms with Crippen molar-refractivity contribution >= 4 is 0 Å².